The molecule has 100 valence electrons. The molecule has 0 saturated heterocycles. The first-order valence-corrected chi connectivity index (χ1v) is 6.68. The highest BCUT2D eigenvalue weighted by Crippen LogP contribution is 2.22. The SMILES string of the molecule is CN(Cc1ccc(Cl)cc1Cl)C(=O)CCCCN. The van der Waals surface area contributed by atoms with Crippen LogP contribution >= 0.6 is 23.2 Å². The molecule has 0 aromatic heterocycles. The number of hydrogen-bond donors (Lipinski definition) is 1. The monoisotopic (exact) mass is 288 g/mol. The molecule has 0 spiro atoms. The summed E-state index contributed by atoms with van der Waals surface area (Å²) in [5.74, 6) is 0.106. The van der Waals surface area contributed by atoms with Crippen LogP contribution in [0.2, 0.25) is 10.0 Å². The number of hydrogen-bond acceptors (Lipinski definition) is 2. The van der Waals surface area contributed by atoms with Crippen molar-refractivity contribution in [1.29, 1.82) is 0 Å². The maximum Gasteiger partial charge on any atom is 0.222 e. The average Bonchev–Trinajstić information content (AvgIpc) is 2.32. The van der Waals surface area contributed by atoms with Gasteiger partial charge in [-0.2, -0.15) is 0 Å². The van der Waals surface area contributed by atoms with Gasteiger partial charge in [-0.3, -0.25) is 4.79 Å². The van der Waals surface area contributed by atoms with Crippen LogP contribution in [-0.2, 0) is 11.3 Å². The van der Waals surface area contributed by atoms with Crippen LogP contribution in [-0.4, -0.2) is 24.4 Å². The number of halogens is 2. The summed E-state index contributed by atoms with van der Waals surface area (Å²) in [6.45, 7) is 1.12. The second kappa shape index (κ2) is 7.62. The van der Waals surface area contributed by atoms with Gasteiger partial charge in [0, 0.05) is 30.1 Å². The molecule has 1 aromatic carbocycles. The number of benzene rings is 1. The second-order valence-electron chi connectivity index (χ2n) is 4.23. The van der Waals surface area contributed by atoms with E-state index in [4.69, 9.17) is 28.9 Å². The van der Waals surface area contributed by atoms with Crippen LogP contribution in [0.5, 0.6) is 0 Å². The van der Waals surface area contributed by atoms with Crippen molar-refractivity contribution in [3.63, 3.8) is 0 Å². The molecule has 0 atom stereocenters. The minimum absolute atomic E-state index is 0.106. The molecule has 0 unspecified atom stereocenters. The Hall–Kier alpha value is -0.770. The van der Waals surface area contributed by atoms with E-state index in [1.54, 1.807) is 24.1 Å². The summed E-state index contributed by atoms with van der Waals surface area (Å²) < 4.78 is 0. The fourth-order valence-electron chi connectivity index (χ4n) is 1.61. The lowest BCUT2D eigenvalue weighted by Gasteiger charge is -2.18. The molecule has 0 aliphatic rings. The summed E-state index contributed by atoms with van der Waals surface area (Å²) in [4.78, 5) is 13.5. The van der Waals surface area contributed by atoms with E-state index in [9.17, 15) is 4.79 Å². The number of rotatable bonds is 6. The van der Waals surface area contributed by atoms with Gasteiger partial charge < -0.3 is 10.6 Å². The number of amides is 1. The molecule has 18 heavy (non-hydrogen) atoms. The van der Waals surface area contributed by atoms with Crippen molar-refractivity contribution in [3.8, 4) is 0 Å². The quantitative estimate of drug-likeness (QED) is 0.818. The predicted molar refractivity (Wildman–Crippen MR) is 75.8 cm³/mol. The van der Waals surface area contributed by atoms with Gasteiger partial charge in [-0.1, -0.05) is 29.3 Å². The Bertz CT molecular complexity index is 410. The van der Waals surface area contributed by atoms with Crippen molar-refractivity contribution >= 4 is 29.1 Å². The van der Waals surface area contributed by atoms with Crippen molar-refractivity contribution in [1.82, 2.24) is 4.90 Å². The molecule has 1 amide bonds. The summed E-state index contributed by atoms with van der Waals surface area (Å²) >= 11 is 11.9. The summed E-state index contributed by atoms with van der Waals surface area (Å²) in [5, 5.41) is 1.18. The zero-order valence-corrected chi connectivity index (χ0v) is 12.0. The molecule has 2 N–H and O–H groups in total. The minimum Gasteiger partial charge on any atom is -0.341 e. The van der Waals surface area contributed by atoms with Crippen molar-refractivity contribution in [3.05, 3.63) is 33.8 Å². The lowest BCUT2D eigenvalue weighted by Crippen LogP contribution is -2.26. The molecule has 1 aromatic rings. The van der Waals surface area contributed by atoms with Gasteiger partial charge in [0.1, 0.15) is 0 Å². The maximum atomic E-state index is 11.8. The van der Waals surface area contributed by atoms with Gasteiger partial charge in [-0.05, 0) is 37.1 Å². The van der Waals surface area contributed by atoms with E-state index in [2.05, 4.69) is 0 Å². The van der Waals surface area contributed by atoms with Crippen LogP contribution in [0.3, 0.4) is 0 Å². The summed E-state index contributed by atoms with van der Waals surface area (Å²) in [6.07, 6.45) is 2.23. The third kappa shape index (κ3) is 4.84. The van der Waals surface area contributed by atoms with Crippen LogP contribution in [0.25, 0.3) is 0 Å². The Labute approximate surface area is 118 Å². The normalized spacial score (nSPS) is 10.4. The zero-order valence-electron chi connectivity index (χ0n) is 10.5. The fourth-order valence-corrected chi connectivity index (χ4v) is 2.07. The highest BCUT2D eigenvalue weighted by Gasteiger charge is 2.10. The van der Waals surface area contributed by atoms with Gasteiger partial charge >= 0.3 is 0 Å². The molecular formula is C13H18Cl2N2O. The molecule has 1 rings (SSSR count). The van der Waals surface area contributed by atoms with Crippen molar-refractivity contribution in [2.24, 2.45) is 5.73 Å². The van der Waals surface area contributed by atoms with E-state index in [0.29, 0.717) is 29.6 Å². The molecule has 3 nitrogen and oxygen atoms in total. The lowest BCUT2D eigenvalue weighted by molar-refractivity contribution is -0.130. The molecule has 0 bridgehead atoms. The fraction of sp³-hybridized carbons (Fsp3) is 0.462. The molecule has 0 heterocycles. The minimum atomic E-state index is 0.106. The molecule has 0 fully saturated rings. The molecule has 0 aliphatic carbocycles. The summed E-state index contributed by atoms with van der Waals surface area (Å²) in [7, 11) is 1.77. The summed E-state index contributed by atoms with van der Waals surface area (Å²) in [5.41, 5.74) is 6.29. The smallest absolute Gasteiger partial charge is 0.222 e. The number of nitrogens with zero attached hydrogens (tertiary/aromatic N) is 1. The third-order valence-electron chi connectivity index (χ3n) is 2.69. The number of carbonyl (C=O) groups excluding carboxylic acids is 1. The van der Waals surface area contributed by atoms with Crippen LogP contribution < -0.4 is 5.73 Å². The Morgan fingerprint density at radius 1 is 1.33 bits per heavy atom. The van der Waals surface area contributed by atoms with Crippen LogP contribution in [0.1, 0.15) is 24.8 Å². The number of carbonyl (C=O) groups is 1. The molecular weight excluding hydrogens is 271 g/mol. The van der Waals surface area contributed by atoms with Crippen LogP contribution in [0.4, 0.5) is 0 Å². The van der Waals surface area contributed by atoms with Gasteiger partial charge in [0.15, 0.2) is 0 Å². The Balaban J connectivity index is 2.53. The Morgan fingerprint density at radius 3 is 2.67 bits per heavy atom. The van der Waals surface area contributed by atoms with Crippen LogP contribution in [0, 0.1) is 0 Å². The zero-order chi connectivity index (χ0) is 13.5. The average molecular weight is 289 g/mol. The van der Waals surface area contributed by atoms with E-state index in [-0.39, 0.29) is 5.91 Å². The standard InChI is InChI=1S/C13H18Cl2N2O/c1-17(13(18)4-2-3-7-16)9-10-5-6-11(14)8-12(10)15/h5-6,8H,2-4,7,9,16H2,1H3. The molecule has 0 radical (unpaired) electrons. The largest absolute Gasteiger partial charge is 0.341 e. The number of unbranched alkanes of at least 4 members (excludes halogenated alkanes) is 1. The first-order chi connectivity index (χ1) is 8.54. The predicted octanol–water partition coefficient (Wildman–Crippen LogP) is 3.08. The van der Waals surface area contributed by atoms with Crippen molar-refractivity contribution in [2.45, 2.75) is 25.8 Å². The first kappa shape index (κ1) is 15.3. The topological polar surface area (TPSA) is 46.3 Å². The van der Waals surface area contributed by atoms with Gasteiger partial charge in [-0.25, -0.2) is 0 Å². The third-order valence-corrected chi connectivity index (χ3v) is 3.28. The highest BCUT2D eigenvalue weighted by molar-refractivity contribution is 6.35. The van der Waals surface area contributed by atoms with E-state index in [1.807, 2.05) is 6.07 Å². The van der Waals surface area contributed by atoms with Crippen molar-refractivity contribution < 1.29 is 4.79 Å². The maximum absolute atomic E-state index is 11.8. The number of nitrogens with two attached hydrogens (primary N) is 1. The lowest BCUT2D eigenvalue weighted by atomic mass is 10.2. The Kier molecular flexibility index (Phi) is 6.47. The molecule has 0 saturated carbocycles. The van der Waals surface area contributed by atoms with E-state index >= 15 is 0 Å². The van der Waals surface area contributed by atoms with E-state index in [1.165, 1.54) is 0 Å². The molecule has 0 aliphatic heterocycles. The van der Waals surface area contributed by atoms with Crippen molar-refractivity contribution in [2.75, 3.05) is 13.6 Å². The van der Waals surface area contributed by atoms with E-state index in [0.717, 1.165) is 18.4 Å². The molecule has 5 heteroatoms. The van der Waals surface area contributed by atoms with Gasteiger partial charge in [0.05, 0.1) is 0 Å². The van der Waals surface area contributed by atoms with Gasteiger partial charge in [0.25, 0.3) is 0 Å². The van der Waals surface area contributed by atoms with E-state index < -0.39 is 0 Å². The highest BCUT2D eigenvalue weighted by atomic mass is 35.5. The van der Waals surface area contributed by atoms with Gasteiger partial charge in [-0.15, -0.1) is 0 Å². The first-order valence-electron chi connectivity index (χ1n) is 5.92. The van der Waals surface area contributed by atoms with Crippen LogP contribution in [0.15, 0.2) is 18.2 Å². The summed E-state index contributed by atoms with van der Waals surface area (Å²) in [6, 6.07) is 5.30. The Morgan fingerprint density at radius 2 is 2.06 bits per heavy atom. The second-order valence-corrected chi connectivity index (χ2v) is 5.07. The van der Waals surface area contributed by atoms with Gasteiger partial charge in [0.2, 0.25) is 5.91 Å².